The third-order valence-corrected chi connectivity index (χ3v) is 9.43. The number of alkyl halides is 3. The van der Waals surface area contributed by atoms with Crippen LogP contribution in [-0.4, -0.2) is 22.3 Å². The smallest absolute Gasteiger partial charge is 0.218 e. The molecule has 0 unspecified atom stereocenters. The fraction of sp³-hybridized carbons (Fsp3) is 0.250. The molecule has 1 heterocycles. The van der Waals surface area contributed by atoms with Crippen LogP contribution in [0.15, 0.2) is 70.2 Å². The summed E-state index contributed by atoms with van der Waals surface area (Å²) in [7, 11) is -9.88. The van der Waals surface area contributed by atoms with E-state index >= 15 is 0 Å². The highest BCUT2D eigenvalue weighted by Gasteiger charge is 2.49. The van der Waals surface area contributed by atoms with E-state index < -0.39 is 30.1 Å². The first-order valence-corrected chi connectivity index (χ1v) is 12.9. The Bertz CT molecular complexity index is 1350. The highest BCUT2D eigenvalue weighted by molar-refractivity contribution is 8.09. The standard InChI is InChI=1S/C24H23F3O4S2/c1-14-6-10-19(11-7-14)22-16(3)21(18(5)33(30,31)24(25,26)27)17(4)23(32(22,28)29)20-12-8-15(2)9-13-20/h6-13H,1-5H3. The van der Waals surface area contributed by atoms with Gasteiger partial charge in [0.15, 0.2) is 0 Å². The van der Waals surface area contributed by atoms with Gasteiger partial charge >= 0.3 is 5.51 Å². The van der Waals surface area contributed by atoms with Crippen molar-refractivity contribution in [2.45, 2.75) is 40.1 Å². The molecule has 9 heteroatoms. The van der Waals surface area contributed by atoms with Crippen molar-refractivity contribution in [2.75, 3.05) is 0 Å². The Morgan fingerprint density at radius 1 is 0.727 bits per heavy atom. The van der Waals surface area contributed by atoms with Crippen molar-refractivity contribution in [1.82, 2.24) is 0 Å². The summed E-state index contributed by atoms with van der Waals surface area (Å²) in [6, 6.07) is 13.0. The van der Waals surface area contributed by atoms with Crippen molar-refractivity contribution in [3.63, 3.8) is 0 Å². The third kappa shape index (κ3) is 4.19. The van der Waals surface area contributed by atoms with Gasteiger partial charge in [-0.2, -0.15) is 13.2 Å². The molecule has 0 fully saturated rings. The minimum Gasteiger partial charge on any atom is -0.218 e. The summed E-state index contributed by atoms with van der Waals surface area (Å²) in [6.45, 7) is 7.17. The maximum absolute atomic E-state index is 13.8. The van der Waals surface area contributed by atoms with Gasteiger partial charge < -0.3 is 0 Å². The number of aryl methyl sites for hydroxylation is 2. The molecule has 0 saturated carbocycles. The van der Waals surface area contributed by atoms with Crippen LogP contribution in [0.4, 0.5) is 13.2 Å². The number of halogens is 3. The van der Waals surface area contributed by atoms with Crippen LogP contribution in [0.2, 0.25) is 0 Å². The van der Waals surface area contributed by atoms with Crippen molar-refractivity contribution in [3.8, 4) is 0 Å². The zero-order chi connectivity index (χ0) is 24.9. The number of hydrogen-bond donors (Lipinski definition) is 0. The fourth-order valence-electron chi connectivity index (χ4n) is 4.00. The molecule has 0 aliphatic carbocycles. The van der Waals surface area contributed by atoms with Crippen LogP contribution in [0.25, 0.3) is 9.81 Å². The summed E-state index contributed by atoms with van der Waals surface area (Å²) in [5, 5.41) is 0. The number of hydrogen-bond acceptors (Lipinski definition) is 4. The van der Waals surface area contributed by atoms with Gasteiger partial charge in [-0.3, -0.25) is 0 Å². The monoisotopic (exact) mass is 496 g/mol. The van der Waals surface area contributed by atoms with Gasteiger partial charge in [-0.25, -0.2) is 16.8 Å². The van der Waals surface area contributed by atoms with E-state index in [4.69, 9.17) is 0 Å². The van der Waals surface area contributed by atoms with E-state index in [-0.39, 0.29) is 37.7 Å². The van der Waals surface area contributed by atoms with Gasteiger partial charge in [0.2, 0.25) is 9.84 Å². The quantitative estimate of drug-likeness (QED) is 0.515. The van der Waals surface area contributed by atoms with Crippen molar-refractivity contribution >= 4 is 29.5 Å². The lowest BCUT2D eigenvalue weighted by molar-refractivity contribution is -0.0426. The molecule has 0 radical (unpaired) electrons. The maximum Gasteiger partial charge on any atom is 0.501 e. The van der Waals surface area contributed by atoms with Gasteiger partial charge in [-0.05, 0) is 62.5 Å². The lowest BCUT2D eigenvalue weighted by Crippen LogP contribution is -2.26. The third-order valence-electron chi connectivity index (χ3n) is 5.66. The normalized spacial score (nSPS) is 16.9. The molecule has 2 aromatic rings. The summed E-state index contributed by atoms with van der Waals surface area (Å²) in [6.07, 6.45) is 0. The van der Waals surface area contributed by atoms with Gasteiger partial charge in [-0.15, -0.1) is 0 Å². The molecule has 0 N–H and O–H groups in total. The van der Waals surface area contributed by atoms with E-state index in [2.05, 4.69) is 0 Å². The summed E-state index contributed by atoms with van der Waals surface area (Å²) in [5.74, 6) is 0. The van der Waals surface area contributed by atoms with Gasteiger partial charge in [0.05, 0.1) is 14.7 Å². The first kappa shape index (κ1) is 25.0. The van der Waals surface area contributed by atoms with E-state index in [1.165, 1.54) is 13.8 Å². The minimum atomic E-state index is -5.69. The molecular formula is C24H23F3O4S2. The second-order valence-corrected chi connectivity index (χ2v) is 11.9. The molecule has 4 nitrogen and oxygen atoms in total. The molecule has 0 saturated heterocycles. The van der Waals surface area contributed by atoms with Crippen LogP contribution >= 0.6 is 0 Å². The Labute approximate surface area is 192 Å². The molecule has 33 heavy (non-hydrogen) atoms. The molecule has 0 spiro atoms. The lowest BCUT2D eigenvalue weighted by Gasteiger charge is -2.27. The number of benzene rings is 2. The van der Waals surface area contributed by atoms with E-state index in [1.807, 2.05) is 13.8 Å². The molecule has 1 aliphatic rings. The van der Waals surface area contributed by atoms with Crippen molar-refractivity contribution in [1.29, 1.82) is 0 Å². The average molecular weight is 497 g/mol. The van der Waals surface area contributed by atoms with Crippen LogP contribution in [0, 0.1) is 13.8 Å². The molecule has 1 aliphatic heterocycles. The molecule has 0 atom stereocenters. The zero-order valence-electron chi connectivity index (χ0n) is 18.7. The van der Waals surface area contributed by atoms with Gasteiger partial charge in [-0.1, -0.05) is 59.7 Å². The summed E-state index contributed by atoms with van der Waals surface area (Å²) in [4.78, 5) is -1.36. The van der Waals surface area contributed by atoms with Crippen LogP contribution in [-0.2, 0) is 19.7 Å². The molecule has 0 bridgehead atoms. The van der Waals surface area contributed by atoms with Crippen molar-refractivity contribution in [3.05, 3.63) is 92.4 Å². The van der Waals surface area contributed by atoms with E-state index in [1.54, 1.807) is 48.5 Å². The Balaban J connectivity index is 2.51. The van der Waals surface area contributed by atoms with E-state index in [9.17, 15) is 30.0 Å². The van der Waals surface area contributed by atoms with Crippen LogP contribution < -0.4 is 0 Å². The van der Waals surface area contributed by atoms with Crippen molar-refractivity contribution < 1.29 is 30.0 Å². The predicted octanol–water partition coefficient (Wildman–Crippen LogP) is 6.10. The van der Waals surface area contributed by atoms with E-state index in [0.29, 0.717) is 0 Å². The van der Waals surface area contributed by atoms with Crippen LogP contribution in [0.5, 0.6) is 0 Å². The summed E-state index contributed by atoms with van der Waals surface area (Å²) < 4.78 is 92.4. The van der Waals surface area contributed by atoms with Gasteiger partial charge in [0.1, 0.15) is 0 Å². The van der Waals surface area contributed by atoms with Crippen LogP contribution in [0.3, 0.4) is 0 Å². The van der Waals surface area contributed by atoms with E-state index in [0.717, 1.165) is 18.1 Å². The maximum atomic E-state index is 13.8. The highest BCUT2D eigenvalue weighted by atomic mass is 32.2. The predicted molar refractivity (Wildman–Crippen MR) is 124 cm³/mol. The van der Waals surface area contributed by atoms with Crippen LogP contribution in [0.1, 0.15) is 43.0 Å². The lowest BCUT2D eigenvalue weighted by atomic mass is 9.94. The topological polar surface area (TPSA) is 68.3 Å². The largest absolute Gasteiger partial charge is 0.501 e. The van der Waals surface area contributed by atoms with Crippen molar-refractivity contribution in [2.24, 2.45) is 0 Å². The molecular weight excluding hydrogens is 473 g/mol. The SMILES string of the molecule is CC1=C(c2ccc(C)cc2)S(=O)(=O)C(c2ccc(C)cc2)=C(C)C1=C(C)S(=O)(=O)C(F)(F)F. The van der Waals surface area contributed by atoms with Gasteiger partial charge in [0.25, 0.3) is 9.84 Å². The first-order chi connectivity index (χ1) is 15.1. The highest BCUT2D eigenvalue weighted by Crippen LogP contribution is 2.48. The molecule has 3 rings (SSSR count). The second-order valence-electron chi connectivity index (χ2n) is 8.02. The van der Waals surface area contributed by atoms with Gasteiger partial charge in [0, 0.05) is 0 Å². The molecule has 2 aromatic carbocycles. The fourth-order valence-corrected chi connectivity index (χ4v) is 7.03. The number of allylic oxidation sites excluding steroid dienone is 4. The average Bonchev–Trinajstić information content (AvgIpc) is 2.69. The Morgan fingerprint density at radius 2 is 1.06 bits per heavy atom. The summed E-state index contributed by atoms with van der Waals surface area (Å²) >= 11 is 0. The summed E-state index contributed by atoms with van der Waals surface area (Å²) in [5.41, 5.74) is -3.59. The zero-order valence-corrected chi connectivity index (χ0v) is 20.3. The number of rotatable bonds is 3. The molecule has 0 amide bonds. The Morgan fingerprint density at radius 3 is 1.36 bits per heavy atom. The molecule has 176 valence electrons. The number of sulfone groups is 2. The first-order valence-electron chi connectivity index (χ1n) is 9.94. The minimum absolute atomic E-state index is 0.0439. The molecule has 0 aromatic heterocycles. The Kier molecular flexibility index (Phi) is 6.27. The second kappa shape index (κ2) is 8.29. The Hall–Kier alpha value is -2.65.